The maximum Gasteiger partial charge on any atom is 0.303 e. The number of benzene rings is 4. The number of aliphatic hydroxyl groups is 1. The molecule has 6 rings (SSSR count). The van der Waals surface area contributed by atoms with Crippen LogP contribution in [-0.4, -0.2) is 59.3 Å². The molecule has 4 N–H and O–H groups in total. The number of thioether (sulfide) groups is 1. The molecule has 4 aromatic carbocycles. The van der Waals surface area contributed by atoms with Crippen molar-refractivity contribution >= 4 is 23.6 Å². The van der Waals surface area contributed by atoms with Gasteiger partial charge in [0.25, 0.3) is 0 Å². The minimum Gasteiger partial charge on any atom is -0.508 e. The molecule has 13 heteroatoms. The molecule has 52 heavy (non-hydrogen) atoms. The lowest BCUT2D eigenvalue weighted by atomic mass is 9.99. The molecule has 1 aliphatic heterocycles. The number of carbonyl (C=O) groups excluding carboxylic acids is 1. The molecule has 0 spiro atoms. The Morgan fingerprint density at radius 2 is 1.60 bits per heavy atom. The van der Waals surface area contributed by atoms with Gasteiger partial charge >= 0.3 is 5.97 Å². The van der Waals surface area contributed by atoms with Gasteiger partial charge in [-0.1, -0.05) is 78.8 Å². The lowest BCUT2D eigenvalue weighted by Crippen LogP contribution is -2.31. The normalized spacial score (nSPS) is 17.1. The van der Waals surface area contributed by atoms with Gasteiger partial charge in [0.15, 0.2) is 6.29 Å². The van der Waals surface area contributed by atoms with Gasteiger partial charge < -0.3 is 30.1 Å². The number of phenols is 1. The van der Waals surface area contributed by atoms with Crippen molar-refractivity contribution in [2.75, 3.05) is 5.75 Å². The number of carboxylic acids is 1. The van der Waals surface area contributed by atoms with Crippen molar-refractivity contribution in [1.29, 1.82) is 0 Å². The third-order valence-electron chi connectivity index (χ3n) is 8.75. The zero-order valence-corrected chi connectivity index (χ0v) is 29.3. The van der Waals surface area contributed by atoms with E-state index in [-0.39, 0.29) is 36.9 Å². The van der Waals surface area contributed by atoms with Crippen LogP contribution in [0.15, 0.2) is 102 Å². The Morgan fingerprint density at radius 1 is 0.846 bits per heavy atom. The van der Waals surface area contributed by atoms with E-state index in [1.54, 1.807) is 28.9 Å². The Bertz CT molecular complexity index is 1940. The van der Waals surface area contributed by atoms with Gasteiger partial charge in [-0.05, 0) is 87.5 Å². The standard InChI is InChI=1S/C39H41N5O7S/c45-24-26-12-14-28(15-13-26)35-22-34(25-52-39-41-42-43-44(39)32-16-18-33(46)19-17-32)50-38(51-35)31-9-5-8-30(21-31)29-7-4-6-27(20-29)23-40-36(47)10-2-1-3-11-37(48)49/h4-9,12-21,34-35,38,45-46H,1-3,10-11,22-25H2,(H,40,47)(H,48,49)/t34-,35+,38+/m0/s1. The fourth-order valence-electron chi connectivity index (χ4n) is 5.97. The number of tetrazole rings is 1. The van der Waals surface area contributed by atoms with Gasteiger partial charge in [-0.25, -0.2) is 0 Å². The number of ether oxygens (including phenoxy) is 2. The van der Waals surface area contributed by atoms with Crippen molar-refractivity contribution in [3.05, 3.63) is 119 Å². The van der Waals surface area contributed by atoms with Crippen LogP contribution in [0.2, 0.25) is 0 Å². The number of aromatic nitrogens is 4. The van der Waals surface area contributed by atoms with E-state index in [1.165, 1.54) is 11.8 Å². The second-order valence-corrected chi connectivity index (χ2v) is 13.6. The summed E-state index contributed by atoms with van der Waals surface area (Å²) in [6, 6.07) is 30.5. The van der Waals surface area contributed by atoms with Crippen LogP contribution in [0.5, 0.6) is 5.75 Å². The predicted molar refractivity (Wildman–Crippen MR) is 194 cm³/mol. The molecule has 270 valence electrons. The number of aliphatic hydroxyl groups excluding tert-OH is 1. The fourth-order valence-corrected chi connectivity index (χ4v) is 6.88. The highest BCUT2D eigenvalue weighted by atomic mass is 32.2. The Balaban J connectivity index is 1.15. The summed E-state index contributed by atoms with van der Waals surface area (Å²) in [5.74, 6) is -0.157. The fraction of sp³-hybridized carbons (Fsp3) is 0.308. The first kappa shape index (κ1) is 36.7. The topological polar surface area (TPSA) is 169 Å². The maximum atomic E-state index is 12.4. The summed E-state index contributed by atoms with van der Waals surface area (Å²) < 4.78 is 14.8. The van der Waals surface area contributed by atoms with E-state index in [0.717, 1.165) is 39.1 Å². The van der Waals surface area contributed by atoms with Crippen LogP contribution in [0.3, 0.4) is 0 Å². The first-order chi connectivity index (χ1) is 25.3. The number of nitrogens with zero attached hydrogens (tertiary/aromatic N) is 4. The average molecular weight is 724 g/mol. The van der Waals surface area contributed by atoms with Gasteiger partial charge in [-0.15, -0.1) is 5.10 Å². The molecule has 0 bridgehead atoms. The van der Waals surface area contributed by atoms with Crippen LogP contribution in [0.4, 0.5) is 0 Å². The van der Waals surface area contributed by atoms with E-state index >= 15 is 0 Å². The van der Waals surface area contributed by atoms with Gasteiger partial charge in [-0.3, -0.25) is 9.59 Å². The Labute approximate surface area is 305 Å². The van der Waals surface area contributed by atoms with E-state index in [1.807, 2.05) is 60.7 Å². The summed E-state index contributed by atoms with van der Waals surface area (Å²) in [5, 5.41) is 43.9. The smallest absolute Gasteiger partial charge is 0.303 e. The Hall–Kier alpha value is -5.08. The molecule has 0 unspecified atom stereocenters. The van der Waals surface area contributed by atoms with Crippen molar-refractivity contribution in [2.24, 2.45) is 0 Å². The number of phenolic OH excluding ortho intramolecular Hbond substituents is 1. The molecular formula is C39H41N5O7S. The van der Waals surface area contributed by atoms with E-state index in [9.17, 15) is 19.8 Å². The Kier molecular flexibility index (Phi) is 12.6. The van der Waals surface area contributed by atoms with Crippen LogP contribution in [0, 0.1) is 0 Å². The highest BCUT2D eigenvalue weighted by Gasteiger charge is 2.33. The minimum absolute atomic E-state index is 0.0386. The number of nitrogens with one attached hydrogen (secondary N) is 1. The van der Waals surface area contributed by atoms with Crippen molar-refractivity contribution in [3.63, 3.8) is 0 Å². The van der Waals surface area contributed by atoms with Crippen LogP contribution in [0.25, 0.3) is 16.8 Å². The first-order valence-corrected chi connectivity index (χ1v) is 18.2. The number of aromatic hydroxyl groups is 1. The summed E-state index contributed by atoms with van der Waals surface area (Å²) in [6.45, 7) is 0.353. The zero-order chi connectivity index (χ0) is 36.3. The summed E-state index contributed by atoms with van der Waals surface area (Å²) in [5.41, 5.74) is 6.33. The quantitative estimate of drug-likeness (QED) is 0.0646. The summed E-state index contributed by atoms with van der Waals surface area (Å²) in [6.07, 6.45) is 1.88. The molecule has 3 atom stereocenters. The van der Waals surface area contributed by atoms with Gasteiger partial charge in [-0.2, -0.15) is 4.68 Å². The highest BCUT2D eigenvalue weighted by molar-refractivity contribution is 7.99. The molecule has 1 amide bonds. The van der Waals surface area contributed by atoms with Crippen molar-refractivity contribution < 1.29 is 34.4 Å². The van der Waals surface area contributed by atoms with Gasteiger partial charge in [0.2, 0.25) is 11.1 Å². The highest BCUT2D eigenvalue weighted by Crippen LogP contribution is 2.40. The lowest BCUT2D eigenvalue weighted by Gasteiger charge is -2.36. The number of aliphatic carboxylic acids is 1. The number of unbranched alkanes of at least 4 members (excludes halogenated alkanes) is 2. The van der Waals surface area contributed by atoms with Crippen LogP contribution in [-0.2, 0) is 32.2 Å². The number of carboxylic acid groups (broad SMARTS) is 1. The molecule has 2 heterocycles. The maximum absolute atomic E-state index is 12.4. The van der Waals surface area contributed by atoms with Gasteiger partial charge in [0.1, 0.15) is 5.75 Å². The molecule has 1 fully saturated rings. The Morgan fingerprint density at radius 3 is 2.37 bits per heavy atom. The largest absolute Gasteiger partial charge is 0.508 e. The third kappa shape index (κ3) is 10.0. The van der Waals surface area contributed by atoms with Crippen molar-refractivity contribution in [2.45, 2.75) is 75.3 Å². The number of hydrogen-bond acceptors (Lipinski definition) is 10. The van der Waals surface area contributed by atoms with Crippen molar-refractivity contribution in [1.82, 2.24) is 25.5 Å². The number of rotatable bonds is 16. The van der Waals surface area contributed by atoms with Gasteiger partial charge in [0, 0.05) is 37.1 Å². The minimum atomic E-state index is -0.814. The van der Waals surface area contributed by atoms with Crippen LogP contribution >= 0.6 is 11.8 Å². The number of hydrogen-bond donors (Lipinski definition) is 4. The van der Waals surface area contributed by atoms with E-state index < -0.39 is 12.3 Å². The number of amides is 1. The summed E-state index contributed by atoms with van der Waals surface area (Å²) in [4.78, 5) is 23.1. The van der Waals surface area contributed by atoms with E-state index in [0.29, 0.717) is 49.6 Å². The first-order valence-electron chi connectivity index (χ1n) is 17.2. The van der Waals surface area contributed by atoms with Crippen LogP contribution in [0.1, 0.15) is 73.2 Å². The number of carbonyl (C=O) groups is 2. The summed E-state index contributed by atoms with van der Waals surface area (Å²) in [7, 11) is 0. The molecular weight excluding hydrogens is 683 g/mol. The third-order valence-corrected chi connectivity index (χ3v) is 9.80. The molecule has 1 saturated heterocycles. The predicted octanol–water partition coefficient (Wildman–Crippen LogP) is 6.52. The molecule has 0 radical (unpaired) electrons. The summed E-state index contributed by atoms with van der Waals surface area (Å²) >= 11 is 1.47. The SMILES string of the molecule is O=C(O)CCCCCC(=O)NCc1cccc(-c2cccc([C@@H]3O[C@H](CSc4nnnn4-c4ccc(O)cc4)C[C@H](c4ccc(CO)cc4)O3)c2)c1. The molecule has 12 nitrogen and oxygen atoms in total. The second kappa shape index (κ2) is 17.9. The van der Waals surface area contributed by atoms with E-state index in [2.05, 4.69) is 33.0 Å². The molecule has 1 aromatic heterocycles. The molecule has 0 saturated carbocycles. The monoisotopic (exact) mass is 723 g/mol. The van der Waals surface area contributed by atoms with E-state index in [4.69, 9.17) is 14.6 Å². The molecule has 0 aliphatic carbocycles. The molecule has 1 aliphatic rings. The average Bonchev–Trinajstić information content (AvgIpc) is 3.65. The molecule has 5 aromatic rings. The second-order valence-electron chi connectivity index (χ2n) is 12.6. The zero-order valence-electron chi connectivity index (χ0n) is 28.5. The lowest BCUT2D eigenvalue weighted by molar-refractivity contribution is -0.245. The van der Waals surface area contributed by atoms with Crippen molar-refractivity contribution in [3.8, 4) is 22.6 Å². The van der Waals surface area contributed by atoms with Gasteiger partial charge in [0.05, 0.1) is 24.5 Å². The van der Waals surface area contributed by atoms with Crippen LogP contribution < -0.4 is 5.32 Å².